The van der Waals surface area contributed by atoms with Crippen LogP contribution in [0.2, 0.25) is 0 Å². The molecule has 0 bridgehead atoms. The summed E-state index contributed by atoms with van der Waals surface area (Å²) < 4.78 is 3.52. The summed E-state index contributed by atoms with van der Waals surface area (Å²) in [6, 6.07) is 0. The lowest BCUT2D eigenvalue weighted by Gasteiger charge is -1.90. The minimum atomic E-state index is 0.842. The highest BCUT2D eigenvalue weighted by atomic mass is 79.9. The van der Waals surface area contributed by atoms with Crippen molar-refractivity contribution in [1.82, 2.24) is 14.8 Å². The third kappa shape index (κ3) is 1.60. The molecule has 3 nitrogen and oxygen atoms in total. The highest BCUT2D eigenvalue weighted by Gasteiger charge is 2.02. The lowest BCUT2D eigenvalue weighted by Crippen LogP contribution is -1.91. The van der Waals surface area contributed by atoms with Crippen LogP contribution < -0.4 is 0 Å². The van der Waals surface area contributed by atoms with Gasteiger partial charge >= 0.3 is 0 Å². The molecule has 0 aliphatic rings. The Hall–Kier alpha value is -0.200. The molecule has 0 fully saturated rings. The Bertz CT molecular complexity index is 357. The number of thiazole rings is 1. The molecule has 0 radical (unpaired) electrons. The summed E-state index contributed by atoms with van der Waals surface area (Å²) in [4.78, 5) is 4.21. The highest BCUT2D eigenvalue weighted by Crippen LogP contribution is 2.19. The topological polar surface area (TPSA) is 30.7 Å². The van der Waals surface area contributed by atoms with E-state index in [0.29, 0.717) is 0 Å². The molecule has 0 aromatic carbocycles. The Morgan fingerprint density at radius 3 is 2.75 bits per heavy atom. The fourth-order valence-electron chi connectivity index (χ4n) is 0.756. The molecule has 0 aliphatic heterocycles. The number of aromatic nitrogens is 3. The van der Waals surface area contributed by atoms with Crippen LogP contribution in [0.4, 0.5) is 0 Å². The molecule has 0 atom stereocenters. The van der Waals surface area contributed by atoms with E-state index in [1.54, 1.807) is 10.9 Å². The van der Waals surface area contributed by atoms with E-state index >= 15 is 0 Å². The lowest BCUT2D eigenvalue weighted by atomic mass is 10.7. The molecule has 0 N–H and O–H groups in total. The molecule has 0 saturated heterocycles. The molecule has 0 spiro atoms. The Morgan fingerprint density at radius 2 is 2.25 bits per heavy atom. The van der Waals surface area contributed by atoms with Crippen molar-refractivity contribution in [2.75, 3.05) is 0 Å². The maximum atomic E-state index is 4.21. The van der Waals surface area contributed by atoms with E-state index in [9.17, 15) is 0 Å². The summed E-state index contributed by atoms with van der Waals surface area (Å²) in [5, 5.41) is 6.87. The van der Waals surface area contributed by atoms with Crippen LogP contribution >= 0.6 is 43.2 Å². The van der Waals surface area contributed by atoms with Crippen LogP contribution in [0.5, 0.6) is 0 Å². The van der Waals surface area contributed by atoms with Crippen LogP contribution in [0.15, 0.2) is 26.8 Å². The van der Waals surface area contributed by atoms with Gasteiger partial charge in [0.05, 0.1) is 10.7 Å². The van der Waals surface area contributed by atoms with E-state index in [0.717, 1.165) is 14.2 Å². The Labute approximate surface area is 89.7 Å². The van der Waals surface area contributed by atoms with Crippen LogP contribution in [-0.2, 0) is 0 Å². The fourth-order valence-corrected chi connectivity index (χ4v) is 2.22. The van der Waals surface area contributed by atoms with Gasteiger partial charge in [0, 0.05) is 11.6 Å². The van der Waals surface area contributed by atoms with Gasteiger partial charge in [-0.2, -0.15) is 5.10 Å². The number of hydrogen-bond acceptors (Lipinski definition) is 3. The first-order valence-electron chi connectivity index (χ1n) is 3.07. The smallest absolute Gasteiger partial charge is 0.211 e. The van der Waals surface area contributed by atoms with E-state index in [1.807, 2.05) is 11.6 Å². The third-order valence-electron chi connectivity index (χ3n) is 1.21. The van der Waals surface area contributed by atoms with Crippen LogP contribution in [-0.4, -0.2) is 14.8 Å². The Balaban J connectivity index is 2.43. The summed E-state index contributed by atoms with van der Waals surface area (Å²) >= 11 is 8.14. The maximum Gasteiger partial charge on any atom is 0.211 e. The van der Waals surface area contributed by atoms with Gasteiger partial charge in [0.1, 0.15) is 4.60 Å². The van der Waals surface area contributed by atoms with Crippen LogP contribution in [0, 0.1) is 0 Å². The van der Waals surface area contributed by atoms with Gasteiger partial charge in [-0.1, -0.05) is 0 Å². The highest BCUT2D eigenvalue weighted by molar-refractivity contribution is 9.10. The predicted octanol–water partition coefficient (Wildman–Crippen LogP) is 2.85. The van der Waals surface area contributed by atoms with Crippen LogP contribution in [0.3, 0.4) is 0 Å². The van der Waals surface area contributed by atoms with Crippen molar-refractivity contribution in [3.63, 3.8) is 0 Å². The summed E-state index contributed by atoms with van der Waals surface area (Å²) in [6.45, 7) is 0. The Morgan fingerprint density at radius 1 is 1.42 bits per heavy atom. The summed E-state index contributed by atoms with van der Waals surface area (Å²) in [5.41, 5.74) is 0. The summed E-state index contributed by atoms with van der Waals surface area (Å²) in [6.07, 6.45) is 3.60. The molecule has 2 heterocycles. The number of hydrogen-bond donors (Lipinski definition) is 0. The molecule has 2 rings (SSSR count). The van der Waals surface area contributed by atoms with Crippen molar-refractivity contribution in [3.05, 3.63) is 26.8 Å². The first-order valence-corrected chi connectivity index (χ1v) is 5.54. The van der Waals surface area contributed by atoms with Crippen LogP contribution in [0.25, 0.3) is 5.13 Å². The molecular formula is C6H3Br2N3S. The average molecular weight is 309 g/mol. The zero-order chi connectivity index (χ0) is 8.55. The second kappa shape index (κ2) is 3.27. The quantitative estimate of drug-likeness (QED) is 0.811. The van der Waals surface area contributed by atoms with Crippen molar-refractivity contribution in [1.29, 1.82) is 0 Å². The predicted molar refractivity (Wildman–Crippen MR) is 54.6 cm³/mol. The van der Waals surface area contributed by atoms with Crippen molar-refractivity contribution >= 4 is 43.2 Å². The summed E-state index contributed by atoms with van der Waals surface area (Å²) in [7, 11) is 0. The van der Waals surface area contributed by atoms with Gasteiger partial charge in [-0.25, -0.2) is 9.67 Å². The molecule has 12 heavy (non-hydrogen) atoms. The second-order valence-electron chi connectivity index (χ2n) is 2.06. The van der Waals surface area contributed by atoms with E-state index in [2.05, 4.69) is 41.9 Å². The first kappa shape index (κ1) is 8.40. The first-order chi connectivity index (χ1) is 5.75. The van der Waals surface area contributed by atoms with Gasteiger partial charge in [0.25, 0.3) is 0 Å². The van der Waals surface area contributed by atoms with E-state index in [1.165, 1.54) is 11.3 Å². The zero-order valence-corrected chi connectivity index (χ0v) is 9.73. The lowest BCUT2D eigenvalue weighted by molar-refractivity contribution is 0.867. The molecule has 2 aromatic heterocycles. The average Bonchev–Trinajstić information content (AvgIpc) is 2.58. The molecule has 0 aliphatic carbocycles. The largest absolute Gasteiger partial charge is 0.212 e. The second-order valence-corrected chi connectivity index (χ2v) is 4.62. The van der Waals surface area contributed by atoms with Crippen molar-refractivity contribution in [3.8, 4) is 5.13 Å². The van der Waals surface area contributed by atoms with Gasteiger partial charge in [0.15, 0.2) is 0 Å². The Kier molecular flexibility index (Phi) is 2.29. The fraction of sp³-hybridized carbons (Fsp3) is 0. The van der Waals surface area contributed by atoms with Gasteiger partial charge < -0.3 is 0 Å². The minimum Gasteiger partial charge on any atom is -0.212 e. The van der Waals surface area contributed by atoms with Crippen LogP contribution in [0.1, 0.15) is 0 Å². The van der Waals surface area contributed by atoms with Gasteiger partial charge in [-0.3, -0.25) is 0 Å². The van der Waals surface area contributed by atoms with Gasteiger partial charge in [-0.15, -0.1) is 11.3 Å². The number of nitrogens with zero attached hydrogens (tertiary/aromatic N) is 3. The van der Waals surface area contributed by atoms with Crippen molar-refractivity contribution in [2.45, 2.75) is 0 Å². The van der Waals surface area contributed by atoms with Gasteiger partial charge in [-0.05, 0) is 31.9 Å². The molecule has 6 heteroatoms. The zero-order valence-electron chi connectivity index (χ0n) is 5.74. The molecule has 0 saturated carbocycles. The molecular weight excluding hydrogens is 306 g/mol. The number of halogens is 2. The summed E-state index contributed by atoms with van der Waals surface area (Å²) in [5.74, 6) is 0. The molecule has 0 amide bonds. The van der Waals surface area contributed by atoms with Crippen molar-refractivity contribution in [2.24, 2.45) is 0 Å². The molecule has 0 unspecified atom stereocenters. The third-order valence-corrected chi connectivity index (χ3v) is 3.16. The van der Waals surface area contributed by atoms with E-state index in [-0.39, 0.29) is 0 Å². The van der Waals surface area contributed by atoms with E-state index < -0.39 is 0 Å². The number of rotatable bonds is 1. The normalized spacial score (nSPS) is 10.5. The minimum absolute atomic E-state index is 0.842. The van der Waals surface area contributed by atoms with Crippen molar-refractivity contribution < 1.29 is 0 Å². The standard InChI is InChI=1S/C6H3Br2N3S/c7-4-1-9-11(2-4)6-10-5(8)3-12-6/h1-3H. The molecule has 62 valence electrons. The SMILES string of the molecule is Brc1cnn(-c2nc(Br)cs2)c1. The monoisotopic (exact) mass is 307 g/mol. The van der Waals surface area contributed by atoms with E-state index in [4.69, 9.17) is 0 Å². The maximum absolute atomic E-state index is 4.21. The van der Waals surface area contributed by atoms with Gasteiger partial charge in [0.2, 0.25) is 5.13 Å². The molecule has 2 aromatic rings.